The summed E-state index contributed by atoms with van der Waals surface area (Å²) in [5.74, 6) is -0.915. The van der Waals surface area contributed by atoms with E-state index < -0.39 is 33.9 Å². The fraction of sp³-hybridized carbons (Fsp3) is 0.333. The zero-order chi connectivity index (χ0) is 24.6. The number of nitro benzene ring substituents is 1. The number of rotatable bonds is 5. The summed E-state index contributed by atoms with van der Waals surface area (Å²) >= 11 is 0. The van der Waals surface area contributed by atoms with Crippen LogP contribution in [0.1, 0.15) is 37.4 Å². The van der Waals surface area contributed by atoms with Gasteiger partial charge in [-0.25, -0.2) is 0 Å². The molecule has 2 N–H and O–H groups in total. The standard InChI is InChI=1S/C21H21F3N4O5/c1-12(29)25-14-6-4-13(5-7-14)18-11-20(2,33-27(18)3)19(30)26-15-8-9-17(28(31)32)16(10-15)21(22,23)24/h4-10,18H,11H2,1-3H3,(H,25,29)(H,26,30). The summed E-state index contributed by atoms with van der Waals surface area (Å²) in [6.45, 7) is 2.89. The number of carbonyl (C=O) groups excluding carboxylic acids is 2. The molecule has 2 unspecified atom stereocenters. The molecule has 0 aliphatic carbocycles. The first-order valence-corrected chi connectivity index (χ1v) is 9.77. The van der Waals surface area contributed by atoms with Gasteiger partial charge in [-0.1, -0.05) is 12.1 Å². The minimum Gasteiger partial charge on any atom is -0.326 e. The highest BCUT2D eigenvalue weighted by Gasteiger charge is 2.47. The minimum atomic E-state index is -4.97. The molecule has 2 amide bonds. The van der Waals surface area contributed by atoms with Crippen LogP contribution in [0.2, 0.25) is 0 Å². The number of hydrogen-bond donors (Lipinski definition) is 2. The molecule has 2 aromatic rings. The van der Waals surface area contributed by atoms with Crippen molar-refractivity contribution in [1.82, 2.24) is 5.06 Å². The van der Waals surface area contributed by atoms with Crippen molar-refractivity contribution in [2.45, 2.75) is 38.1 Å². The first-order valence-electron chi connectivity index (χ1n) is 9.77. The molecule has 0 aromatic heterocycles. The number of nitrogens with one attached hydrogen (secondary N) is 2. The van der Waals surface area contributed by atoms with E-state index in [-0.39, 0.29) is 24.1 Å². The van der Waals surface area contributed by atoms with Crippen molar-refractivity contribution in [3.8, 4) is 0 Å². The summed E-state index contributed by atoms with van der Waals surface area (Å²) in [7, 11) is 1.62. The first-order chi connectivity index (χ1) is 15.3. The van der Waals surface area contributed by atoms with Crippen molar-refractivity contribution in [1.29, 1.82) is 0 Å². The molecule has 1 saturated heterocycles. The summed E-state index contributed by atoms with van der Waals surface area (Å²) in [6, 6.07) is 8.86. The van der Waals surface area contributed by atoms with E-state index in [1.165, 1.54) is 18.9 Å². The first kappa shape index (κ1) is 24.1. The smallest absolute Gasteiger partial charge is 0.326 e. The average Bonchev–Trinajstić information content (AvgIpc) is 3.03. The predicted molar refractivity (Wildman–Crippen MR) is 112 cm³/mol. The molecule has 0 bridgehead atoms. The Balaban J connectivity index is 1.78. The summed E-state index contributed by atoms with van der Waals surface area (Å²) in [6.07, 6.45) is -4.78. The third-order valence-corrected chi connectivity index (χ3v) is 5.22. The van der Waals surface area contributed by atoms with Crippen molar-refractivity contribution >= 4 is 28.9 Å². The molecular weight excluding hydrogens is 445 g/mol. The Morgan fingerprint density at radius 3 is 2.30 bits per heavy atom. The number of halogens is 3. The normalized spacial score (nSPS) is 21.0. The van der Waals surface area contributed by atoms with Crippen molar-refractivity contribution in [2.75, 3.05) is 17.7 Å². The second kappa shape index (κ2) is 8.79. The van der Waals surface area contributed by atoms with Crippen LogP contribution in [0.4, 0.5) is 30.2 Å². The maximum absolute atomic E-state index is 13.2. The van der Waals surface area contributed by atoms with Crippen LogP contribution in [0.5, 0.6) is 0 Å². The van der Waals surface area contributed by atoms with Gasteiger partial charge in [-0.2, -0.15) is 18.2 Å². The zero-order valence-corrected chi connectivity index (χ0v) is 17.9. The number of carbonyl (C=O) groups is 2. The third-order valence-electron chi connectivity index (χ3n) is 5.22. The van der Waals surface area contributed by atoms with Gasteiger partial charge in [0.2, 0.25) is 5.91 Å². The monoisotopic (exact) mass is 466 g/mol. The lowest BCUT2D eigenvalue weighted by Gasteiger charge is -2.22. The molecule has 2 atom stereocenters. The van der Waals surface area contributed by atoms with Crippen molar-refractivity contribution < 1.29 is 32.5 Å². The number of nitro groups is 1. The van der Waals surface area contributed by atoms with E-state index >= 15 is 0 Å². The summed E-state index contributed by atoms with van der Waals surface area (Å²) in [5.41, 5.74) is -2.81. The van der Waals surface area contributed by atoms with E-state index in [0.717, 1.165) is 11.6 Å². The molecule has 1 aliphatic rings. The van der Waals surface area contributed by atoms with Gasteiger partial charge in [0.25, 0.3) is 11.6 Å². The van der Waals surface area contributed by atoms with Gasteiger partial charge in [0.1, 0.15) is 5.56 Å². The molecule has 2 aromatic carbocycles. The quantitative estimate of drug-likeness (QED) is 0.502. The Kier molecular flexibility index (Phi) is 6.43. The van der Waals surface area contributed by atoms with Gasteiger partial charge in [-0.05, 0) is 36.8 Å². The number of nitrogens with zero attached hydrogens (tertiary/aromatic N) is 2. The number of alkyl halides is 3. The van der Waals surface area contributed by atoms with Crippen molar-refractivity contribution in [2.24, 2.45) is 0 Å². The lowest BCUT2D eigenvalue weighted by atomic mass is 9.93. The molecule has 9 nitrogen and oxygen atoms in total. The number of hydrogen-bond acceptors (Lipinski definition) is 6. The molecule has 1 fully saturated rings. The van der Waals surface area contributed by atoms with E-state index in [1.54, 1.807) is 31.3 Å². The van der Waals surface area contributed by atoms with E-state index in [4.69, 9.17) is 4.84 Å². The fourth-order valence-electron chi connectivity index (χ4n) is 3.63. The molecule has 12 heteroatoms. The van der Waals surface area contributed by atoms with Gasteiger partial charge in [0.15, 0.2) is 5.60 Å². The second-order valence-corrected chi connectivity index (χ2v) is 7.83. The van der Waals surface area contributed by atoms with E-state index in [0.29, 0.717) is 17.8 Å². The van der Waals surface area contributed by atoms with E-state index in [2.05, 4.69) is 10.6 Å². The Labute approximate surface area is 186 Å². The van der Waals surface area contributed by atoms with E-state index in [9.17, 15) is 32.9 Å². The number of amides is 2. The highest BCUT2D eigenvalue weighted by Crippen LogP contribution is 2.41. The molecule has 3 rings (SSSR count). The van der Waals surface area contributed by atoms with E-state index in [1.807, 2.05) is 0 Å². The molecule has 33 heavy (non-hydrogen) atoms. The maximum Gasteiger partial charge on any atom is 0.423 e. The molecule has 1 heterocycles. The highest BCUT2D eigenvalue weighted by atomic mass is 19.4. The fourth-order valence-corrected chi connectivity index (χ4v) is 3.63. The third kappa shape index (κ3) is 5.29. The molecule has 0 saturated carbocycles. The molecule has 0 radical (unpaired) electrons. The second-order valence-electron chi connectivity index (χ2n) is 7.83. The molecular formula is C21H21F3N4O5. The van der Waals surface area contributed by atoms with Gasteiger partial charge in [0, 0.05) is 37.8 Å². The molecule has 1 aliphatic heterocycles. The zero-order valence-electron chi connectivity index (χ0n) is 17.9. The number of anilines is 2. The van der Waals surface area contributed by atoms with Gasteiger partial charge in [0.05, 0.1) is 11.0 Å². The summed E-state index contributed by atoms with van der Waals surface area (Å²) in [4.78, 5) is 39.6. The Morgan fingerprint density at radius 2 is 1.76 bits per heavy atom. The van der Waals surface area contributed by atoms with Gasteiger partial charge < -0.3 is 10.6 Å². The minimum absolute atomic E-state index is 0.188. The molecule has 176 valence electrons. The van der Waals surface area contributed by atoms with Crippen LogP contribution < -0.4 is 10.6 Å². The highest BCUT2D eigenvalue weighted by molar-refractivity contribution is 5.97. The topological polar surface area (TPSA) is 114 Å². The Bertz CT molecular complexity index is 1090. The number of benzene rings is 2. The van der Waals surface area contributed by atoms with Gasteiger partial charge >= 0.3 is 6.18 Å². The lowest BCUT2D eigenvalue weighted by molar-refractivity contribution is -0.388. The Hall–Kier alpha value is -3.51. The average molecular weight is 466 g/mol. The lowest BCUT2D eigenvalue weighted by Crippen LogP contribution is -2.40. The summed E-state index contributed by atoms with van der Waals surface area (Å²) < 4.78 is 39.7. The van der Waals surface area contributed by atoms with Crippen LogP contribution in [-0.2, 0) is 20.6 Å². The van der Waals surface area contributed by atoms with Gasteiger partial charge in [-0.15, -0.1) is 0 Å². The van der Waals surface area contributed by atoms with Crippen LogP contribution in [-0.4, -0.2) is 34.4 Å². The van der Waals surface area contributed by atoms with Gasteiger partial charge in [-0.3, -0.25) is 24.5 Å². The van der Waals surface area contributed by atoms with Crippen LogP contribution in [0.25, 0.3) is 0 Å². The Morgan fingerprint density at radius 1 is 1.15 bits per heavy atom. The van der Waals surface area contributed by atoms with Crippen molar-refractivity contribution in [3.05, 3.63) is 63.7 Å². The van der Waals surface area contributed by atoms with Crippen LogP contribution >= 0.6 is 0 Å². The number of hydroxylamine groups is 2. The maximum atomic E-state index is 13.2. The van der Waals surface area contributed by atoms with Crippen LogP contribution in [0.3, 0.4) is 0 Å². The SMILES string of the molecule is CC(=O)Nc1ccc(C2CC(C)(C(=O)Nc3ccc([N+](=O)[O-])c(C(F)(F)F)c3)ON2C)cc1. The van der Waals surface area contributed by atoms with Crippen LogP contribution in [0.15, 0.2) is 42.5 Å². The predicted octanol–water partition coefficient (Wildman–Crippen LogP) is 4.28. The molecule has 0 spiro atoms. The largest absolute Gasteiger partial charge is 0.423 e. The van der Waals surface area contributed by atoms with Crippen molar-refractivity contribution in [3.63, 3.8) is 0 Å². The summed E-state index contributed by atoms with van der Waals surface area (Å²) in [5, 5.41) is 17.4. The van der Waals surface area contributed by atoms with Crippen LogP contribution in [0, 0.1) is 10.1 Å².